The molecule has 0 atom stereocenters. The van der Waals surface area contributed by atoms with Gasteiger partial charge in [-0.05, 0) is 18.0 Å². The van der Waals surface area contributed by atoms with Crippen LogP contribution in [0, 0.1) is 16.0 Å². The number of benzene rings is 1. The van der Waals surface area contributed by atoms with Gasteiger partial charge in [-0.25, -0.2) is 0 Å². The van der Waals surface area contributed by atoms with Crippen molar-refractivity contribution >= 4 is 18.1 Å². The zero-order valence-electron chi connectivity index (χ0n) is 9.47. The topological polar surface area (TPSA) is 55.2 Å². The number of hydrogen-bond donors (Lipinski definition) is 1. The molecule has 0 bridgehead atoms. The van der Waals surface area contributed by atoms with E-state index in [-0.39, 0.29) is 23.0 Å². The van der Waals surface area contributed by atoms with Crippen molar-refractivity contribution in [2.45, 2.75) is 20.4 Å². The summed E-state index contributed by atoms with van der Waals surface area (Å²) in [5.74, 6) is 0.587. The second-order valence-corrected chi connectivity index (χ2v) is 3.95. The minimum atomic E-state index is -0.369. The van der Waals surface area contributed by atoms with Crippen molar-refractivity contribution < 1.29 is 4.92 Å². The third kappa shape index (κ3) is 5.09. The summed E-state index contributed by atoms with van der Waals surface area (Å²) in [6.07, 6.45) is 0. The molecule has 1 aromatic carbocycles. The summed E-state index contributed by atoms with van der Waals surface area (Å²) in [7, 11) is 0. The maximum absolute atomic E-state index is 10.5. The summed E-state index contributed by atoms with van der Waals surface area (Å²) in [6.45, 7) is 5.85. The lowest BCUT2D eigenvalue weighted by atomic mass is 10.2. The second-order valence-electron chi connectivity index (χ2n) is 3.95. The first kappa shape index (κ1) is 14.9. The predicted octanol–water partition coefficient (Wildman–Crippen LogP) is 2.76. The molecule has 4 nitrogen and oxygen atoms in total. The SMILES string of the molecule is CC(C)CNCc1cccc([N+](=O)[O-])c1.Cl. The summed E-state index contributed by atoms with van der Waals surface area (Å²) in [5.41, 5.74) is 1.10. The third-order valence-corrected chi connectivity index (χ3v) is 2.00. The fourth-order valence-corrected chi connectivity index (χ4v) is 1.29. The van der Waals surface area contributed by atoms with E-state index in [1.54, 1.807) is 12.1 Å². The fourth-order valence-electron chi connectivity index (χ4n) is 1.29. The van der Waals surface area contributed by atoms with Crippen LogP contribution in [-0.2, 0) is 6.54 Å². The fraction of sp³-hybridized carbons (Fsp3) is 0.455. The van der Waals surface area contributed by atoms with Gasteiger partial charge in [-0.2, -0.15) is 0 Å². The molecule has 0 fully saturated rings. The van der Waals surface area contributed by atoms with E-state index in [1.807, 2.05) is 6.07 Å². The molecule has 0 heterocycles. The van der Waals surface area contributed by atoms with Crippen molar-refractivity contribution in [3.05, 3.63) is 39.9 Å². The van der Waals surface area contributed by atoms with Gasteiger partial charge in [0.15, 0.2) is 0 Å². The predicted molar refractivity (Wildman–Crippen MR) is 66.9 cm³/mol. The number of nitro benzene ring substituents is 1. The van der Waals surface area contributed by atoms with Gasteiger partial charge in [0, 0.05) is 18.7 Å². The third-order valence-electron chi connectivity index (χ3n) is 2.00. The van der Waals surface area contributed by atoms with Crippen molar-refractivity contribution in [2.75, 3.05) is 6.54 Å². The summed E-state index contributed by atoms with van der Waals surface area (Å²) in [6, 6.07) is 6.71. The molecule has 0 aliphatic heterocycles. The van der Waals surface area contributed by atoms with Gasteiger partial charge in [0.05, 0.1) is 4.92 Å². The van der Waals surface area contributed by atoms with E-state index < -0.39 is 0 Å². The molecule has 0 spiro atoms. The summed E-state index contributed by atoms with van der Waals surface area (Å²) < 4.78 is 0. The lowest BCUT2D eigenvalue weighted by Crippen LogP contribution is -2.18. The molecule has 1 rings (SSSR count). The Morgan fingerprint density at radius 1 is 1.44 bits per heavy atom. The first-order valence-electron chi connectivity index (χ1n) is 5.03. The van der Waals surface area contributed by atoms with Crippen molar-refractivity contribution in [1.82, 2.24) is 5.32 Å². The molecule has 0 saturated carbocycles. The van der Waals surface area contributed by atoms with Crippen LogP contribution >= 0.6 is 12.4 Å². The van der Waals surface area contributed by atoms with Gasteiger partial charge in [-0.15, -0.1) is 12.4 Å². The van der Waals surface area contributed by atoms with E-state index in [1.165, 1.54) is 6.07 Å². The lowest BCUT2D eigenvalue weighted by molar-refractivity contribution is -0.384. The Bertz CT molecular complexity index is 343. The molecule has 0 aromatic heterocycles. The van der Waals surface area contributed by atoms with Gasteiger partial charge in [-0.1, -0.05) is 26.0 Å². The van der Waals surface area contributed by atoms with Crippen LogP contribution in [0.3, 0.4) is 0 Å². The molecule has 1 N–H and O–H groups in total. The molecule has 0 amide bonds. The molecule has 90 valence electrons. The molecular weight excluding hydrogens is 228 g/mol. The van der Waals surface area contributed by atoms with Crippen LogP contribution in [-0.4, -0.2) is 11.5 Å². The zero-order chi connectivity index (χ0) is 11.3. The molecule has 0 aliphatic carbocycles. The van der Waals surface area contributed by atoms with Crippen molar-refractivity contribution in [1.29, 1.82) is 0 Å². The second kappa shape index (κ2) is 7.19. The van der Waals surface area contributed by atoms with Crippen molar-refractivity contribution in [2.24, 2.45) is 5.92 Å². The largest absolute Gasteiger partial charge is 0.312 e. The summed E-state index contributed by atoms with van der Waals surface area (Å²) >= 11 is 0. The average molecular weight is 245 g/mol. The number of rotatable bonds is 5. The van der Waals surface area contributed by atoms with Gasteiger partial charge in [0.2, 0.25) is 0 Å². The number of hydrogen-bond acceptors (Lipinski definition) is 3. The Labute approximate surface area is 102 Å². The van der Waals surface area contributed by atoms with Gasteiger partial charge >= 0.3 is 0 Å². The minimum absolute atomic E-state index is 0. The molecule has 5 heteroatoms. The lowest BCUT2D eigenvalue weighted by Gasteiger charge is -2.06. The molecule has 1 aromatic rings. The molecule has 16 heavy (non-hydrogen) atoms. The molecule has 0 saturated heterocycles. The van der Waals surface area contributed by atoms with Crippen LogP contribution in [0.2, 0.25) is 0 Å². The van der Waals surface area contributed by atoms with E-state index >= 15 is 0 Å². The molecular formula is C11H17ClN2O2. The van der Waals surface area contributed by atoms with Crippen LogP contribution in [0.4, 0.5) is 5.69 Å². The Hall–Kier alpha value is -1.13. The maximum Gasteiger partial charge on any atom is 0.269 e. The highest BCUT2D eigenvalue weighted by Crippen LogP contribution is 2.12. The van der Waals surface area contributed by atoms with Crippen LogP contribution in [0.15, 0.2) is 24.3 Å². The molecule has 0 aliphatic rings. The molecule has 0 radical (unpaired) electrons. The number of non-ortho nitro benzene ring substituents is 1. The van der Waals surface area contributed by atoms with E-state index in [4.69, 9.17) is 0 Å². The van der Waals surface area contributed by atoms with Crippen molar-refractivity contribution in [3.63, 3.8) is 0 Å². The van der Waals surface area contributed by atoms with Crippen molar-refractivity contribution in [3.8, 4) is 0 Å². The Balaban J connectivity index is 0.00000225. The standard InChI is InChI=1S/C11H16N2O2.ClH/c1-9(2)7-12-8-10-4-3-5-11(6-10)13(14)15;/h3-6,9,12H,7-8H2,1-2H3;1H. The van der Waals surface area contributed by atoms with E-state index in [0.717, 1.165) is 12.1 Å². The number of nitrogens with zero attached hydrogens (tertiary/aromatic N) is 1. The average Bonchev–Trinajstić information content (AvgIpc) is 2.17. The number of nitrogens with one attached hydrogen (secondary N) is 1. The van der Waals surface area contributed by atoms with Crippen LogP contribution in [0.25, 0.3) is 0 Å². The van der Waals surface area contributed by atoms with E-state index in [2.05, 4.69) is 19.2 Å². The smallest absolute Gasteiger partial charge is 0.269 e. The van der Waals surface area contributed by atoms with Gasteiger partial charge in [0.25, 0.3) is 5.69 Å². The monoisotopic (exact) mass is 244 g/mol. The van der Waals surface area contributed by atoms with Gasteiger partial charge in [0.1, 0.15) is 0 Å². The normalized spacial score (nSPS) is 9.94. The summed E-state index contributed by atoms with van der Waals surface area (Å²) in [4.78, 5) is 10.2. The quantitative estimate of drug-likeness (QED) is 0.640. The first-order valence-corrected chi connectivity index (χ1v) is 5.03. The first-order chi connectivity index (χ1) is 7.09. The van der Waals surface area contributed by atoms with Crippen LogP contribution in [0.1, 0.15) is 19.4 Å². The Kier molecular flexibility index (Phi) is 6.69. The summed E-state index contributed by atoms with van der Waals surface area (Å²) in [5, 5.41) is 13.8. The molecule has 0 unspecified atom stereocenters. The van der Waals surface area contributed by atoms with Gasteiger partial charge in [-0.3, -0.25) is 10.1 Å². The number of halogens is 1. The highest BCUT2D eigenvalue weighted by atomic mass is 35.5. The zero-order valence-corrected chi connectivity index (χ0v) is 10.3. The maximum atomic E-state index is 10.5. The van der Waals surface area contributed by atoms with Crippen LogP contribution < -0.4 is 5.32 Å². The minimum Gasteiger partial charge on any atom is -0.312 e. The Morgan fingerprint density at radius 2 is 2.12 bits per heavy atom. The Morgan fingerprint density at radius 3 is 2.69 bits per heavy atom. The highest BCUT2D eigenvalue weighted by Gasteiger charge is 2.04. The number of nitro groups is 1. The van der Waals surface area contributed by atoms with E-state index in [0.29, 0.717) is 12.5 Å². The van der Waals surface area contributed by atoms with Gasteiger partial charge < -0.3 is 5.32 Å². The highest BCUT2D eigenvalue weighted by molar-refractivity contribution is 5.85. The van der Waals surface area contributed by atoms with Crippen LogP contribution in [0.5, 0.6) is 0 Å². The van der Waals surface area contributed by atoms with E-state index in [9.17, 15) is 10.1 Å².